The highest BCUT2D eigenvalue weighted by atomic mass is 19.4. The average molecular weight is 468 g/mol. The Morgan fingerprint density at radius 3 is 2.56 bits per heavy atom. The summed E-state index contributed by atoms with van der Waals surface area (Å²) in [5.74, 6) is 0.874. The molecule has 2 heterocycles. The van der Waals surface area contributed by atoms with Crippen LogP contribution in [0, 0.1) is 6.92 Å². The summed E-state index contributed by atoms with van der Waals surface area (Å²) in [5.41, 5.74) is 2.23. The van der Waals surface area contributed by atoms with Gasteiger partial charge in [-0.2, -0.15) is 17.9 Å². The van der Waals surface area contributed by atoms with E-state index in [4.69, 9.17) is 4.74 Å². The van der Waals surface area contributed by atoms with E-state index in [1.54, 1.807) is 30.2 Å². The Hall–Kier alpha value is -3.79. The zero-order valence-electron chi connectivity index (χ0n) is 18.9. The first-order chi connectivity index (χ1) is 16.3. The lowest BCUT2D eigenvalue weighted by atomic mass is 10.0. The van der Waals surface area contributed by atoms with Crippen LogP contribution in [0.1, 0.15) is 34.1 Å². The van der Waals surface area contributed by atoms with Crippen molar-refractivity contribution >= 4 is 0 Å². The maximum Gasteiger partial charge on any atom is 0.416 e. The summed E-state index contributed by atoms with van der Waals surface area (Å²) in [4.78, 5) is 6.10. The predicted octanol–water partition coefficient (Wildman–Crippen LogP) is 4.61. The second-order valence-corrected chi connectivity index (χ2v) is 7.86. The fraction of sp³-hybridized carbons (Fsp3) is 0.250. The molecule has 0 aliphatic carbocycles. The number of hydrogen-bond donors (Lipinski definition) is 0. The molecule has 4 rings (SSSR count). The molecule has 34 heavy (non-hydrogen) atoms. The minimum absolute atomic E-state index is 0.146. The number of halogens is 3. The number of pyridine rings is 1. The summed E-state index contributed by atoms with van der Waals surface area (Å²) in [6.45, 7) is 2.10. The molecule has 4 aromatic rings. The predicted molar refractivity (Wildman–Crippen MR) is 119 cm³/mol. The Morgan fingerprint density at radius 2 is 1.88 bits per heavy atom. The van der Waals surface area contributed by atoms with E-state index in [0.717, 1.165) is 28.9 Å². The molecular formula is C24H23F3N6O. The maximum absolute atomic E-state index is 13.4. The largest absolute Gasteiger partial charge is 0.496 e. The van der Waals surface area contributed by atoms with Crippen molar-refractivity contribution in [2.45, 2.75) is 25.7 Å². The zero-order chi connectivity index (χ0) is 24.3. The van der Waals surface area contributed by atoms with Gasteiger partial charge in [-0.3, -0.25) is 9.88 Å². The molecule has 2 aromatic carbocycles. The van der Waals surface area contributed by atoms with Crippen molar-refractivity contribution in [3.8, 4) is 11.4 Å². The van der Waals surface area contributed by atoms with Crippen molar-refractivity contribution in [1.82, 2.24) is 30.1 Å². The molecule has 0 aliphatic heterocycles. The Labute approximate surface area is 194 Å². The number of ether oxygens (including phenoxy) is 1. The highest BCUT2D eigenvalue weighted by molar-refractivity contribution is 5.41. The standard InChI is InChI=1S/C24H23F3N6O/c1-16-7-4-5-9-20(16)33-23(29-30-31-33)22(17-8-6-12-28-14-17)32(2)15-18-13-19(24(25,26)27)10-11-21(18)34-3/h4-14,22H,15H2,1-3H3. The molecule has 7 nitrogen and oxygen atoms in total. The van der Waals surface area contributed by atoms with E-state index in [0.29, 0.717) is 17.1 Å². The average Bonchev–Trinajstić information content (AvgIpc) is 3.28. The van der Waals surface area contributed by atoms with E-state index < -0.39 is 17.8 Å². The molecule has 0 radical (unpaired) electrons. The van der Waals surface area contributed by atoms with Crippen LogP contribution in [0.15, 0.2) is 67.0 Å². The van der Waals surface area contributed by atoms with Crippen molar-refractivity contribution in [2.24, 2.45) is 0 Å². The Morgan fingerprint density at radius 1 is 1.09 bits per heavy atom. The van der Waals surface area contributed by atoms with Crippen LogP contribution < -0.4 is 4.74 Å². The molecule has 176 valence electrons. The molecule has 0 saturated carbocycles. The summed E-state index contributed by atoms with van der Waals surface area (Å²) in [7, 11) is 3.23. The Bertz CT molecular complexity index is 1260. The monoisotopic (exact) mass is 468 g/mol. The van der Waals surface area contributed by atoms with E-state index in [2.05, 4.69) is 20.5 Å². The second-order valence-electron chi connectivity index (χ2n) is 7.86. The summed E-state index contributed by atoms with van der Waals surface area (Å²) >= 11 is 0. The minimum Gasteiger partial charge on any atom is -0.496 e. The van der Waals surface area contributed by atoms with Gasteiger partial charge in [-0.1, -0.05) is 24.3 Å². The van der Waals surface area contributed by atoms with E-state index >= 15 is 0 Å². The van der Waals surface area contributed by atoms with E-state index in [-0.39, 0.29) is 6.54 Å². The van der Waals surface area contributed by atoms with Crippen LogP contribution in [0.4, 0.5) is 13.2 Å². The number of aromatic nitrogens is 5. The van der Waals surface area contributed by atoms with Gasteiger partial charge in [0.25, 0.3) is 0 Å². The molecule has 0 fully saturated rings. The van der Waals surface area contributed by atoms with Crippen LogP contribution >= 0.6 is 0 Å². The lowest BCUT2D eigenvalue weighted by Gasteiger charge is -2.28. The number of para-hydroxylation sites is 1. The van der Waals surface area contributed by atoms with Crippen molar-refractivity contribution in [2.75, 3.05) is 14.2 Å². The van der Waals surface area contributed by atoms with Crippen LogP contribution in [-0.2, 0) is 12.7 Å². The molecule has 2 aromatic heterocycles. The number of methoxy groups -OCH3 is 1. The third-order valence-corrected chi connectivity index (χ3v) is 5.55. The van der Waals surface area contributed by atoms with Gasteiger partial charge in [-0.25, -0.2) is 0 Å². The van der Waals surface area contributed by atoms with Gasteiger partial charge in [-0.05, 0) is 65.9 Å². The molecule has 1 atom stereocenters. The molecule has 10 heteroatoms. The highest BCUT2D eigenvalue weighted by Crippen LogP contribution is 2.35. The zero-order valence-corrected chi connectivity index (χ0v) is 18.9. The van der Waals surface area contributed by atoms with E-state index in [1.165, 1.54) is 13.2 Å². The summed E-state index contributed by atoms with van der Waals surface area (Å²) in [5, 5.41) is 12.4. The topological polar surface area (TPSA) is 69.0 Å². The SMILES string of the molecule is COc1ccc(C(F)(F)F)cc1CN(C)C(c1cccnc1)c1nnnn1-c1ccccc1C. The van der Waals surface area contributed by atoms with Gasteiger partial charge in [0, 0.05) is 24.5 Å². The number of aryl methyl sites for hydroxylation is 1. The van der Waals surface area contributed by atoms with Crippen molar-refractivity contribution in [3.05, 3.63) is 95.1 Å². The Kier molecular flexibility index (Phi) is 6.60. The van der Waals surface area contributed by atoms with Crippen LogP contribution in [0.2, 0.25) is 0 Å². The first kappa shape index (κ1) is 23.4. The van der Waals surface area contributed by atoms with Gasteiger partial charge in [0.15, 0.2) is 5.82 Å². The molecule has 1 unspecified atom stereocenters. The quantitative estimate of drug-likeness (QED) is 0.395. The number of tetrazole rings is 1. The lowest BCUT2D eigenvalue weighted by molar-refractivity contribution is -0.137. The van der Waals surface area contributed by atoms with Crippen molar-refractivity contribution in [1.29, 1.82) is 0 Å². The molecule has 0 spiro atoms. The Balaban J connectivity index is 1.78. The van der Waals surface area contributed by atoms with Gasteiger partial charge in [0.2, 0.25) is 0 Å². The third kappa shape index (κ3) is 4.76. The number of rotatable bonds is 7. The van der Waals surface area contributed by atoms with Gasteiger partial charge in [0.1, 0.15) is 5.75 Å². The van der Waals surface area contributed by atoms with E-state index in [1.807, 2.05) is 42.2 Å². The van der Waals surface area contributed by atoms with Gasteiger partial charge >= 0.3 is 6.18 Å². The summed E-state index contributed by atoms with van der Waals surface area (Å²) < 4.78 is 47.1. The number of nitrogens with zero attached hydrogens (tertiary/aromatic N) is 6. The van der Waals surface area contributed by atoms with Crippen molar-refractivity contribution in [3.63, 3.8) is 0 Å². The van der Waals surface area contributed by atoms with Crippen LogP contribution in [-0.4, -0.2) is 44.2 Å². The van der Waals surface area contributed by atoms with Crippen LogP contribution in [0.3, 0.4) is 0 Å². The normalized spacial score (nSPS) is 12.7. The third-order valence-electron chi connectivity index (χ3n) is 5.55. The molecular weight excluding hydrogens is 445 g/mol. The van der Waals surface area contributed by atoms with Gasteiger partial charge in [0.05, 0.1) is 24.4 Å². The molecule has 0 bridgehead atoms. The van der Waals surface area contributed by atoms with Crippen LogP contribution in [0.5, 0.6) is 5.75 Å². The maximum atomic E-state index is 13.4. The van der Waals surface area contributed by atoms with Gasteiger partial charge in [-0.15, -0.1) is 5.10 Å². The lowest BCUT2D eigenvalue weighted by Crippen LogP contribution is -2.28. The molecule has 0 aliphatic rings. The van der Waals surface area contributed by atoms with Crippen LogP contribution in [0.25, 0.3) is 5.69 Å². The van der Waals surface area contributed by atoms with Gasteiger partial charge < -0.3 is 4.74 Å². The first-order valence-electron chi connectivity index (χ1n) is 10.5. The smallest absolute Gasteiger partial charge is 0.416 e. The summed E-state index contributed by atoms with van der Waals surface area (Å²) in [6, 6.07) is 14.3. The summed E-state index contributed by atoms with van der Waals surface area (Å²) in [6.07, 6.45) is -1.11. The molecule has 0 N–H and O–H groups in total. The number of alkyl halides is 3. The molecule has 0 amide bonds. The minimum atomic E-state index is -4.46. The second kappa shape index (κ2) is 9.60. The fourth-order valence-electron chi connectivity index (χ4n) is 3.91. The number of benzene rings is 2. The fourth-order valence-corrected chi connectivity index (χ4v) is 3.91. The first-order valence-corrected chi connectivity index (χ1v) is 10.5. The number of hydrogen-bond acceptors (Lipinski definition) is 6. The van der Waals surface area contributed by atoms with E-state index in [9.17, 15) is 13.2 Å². The van der Waals surface area contributed by atoms with Crippen molar-refractivity contribution < 1.29 is 17.9 Å². The highest BCUT2D eigenvalue weighted by Gasteiger charge is 2.32. The molecule has 0 saturated heterocycles.